The number of aryl methyl sites for hydroxylation is 1. The van der Waals surface area contributed by atoms with Gasteiger partial charge in [-0.3, -0.25) is 0 Å². The highest BCUT2D eigenvalue weighted by atomic mass is 35.5. The molecule has 3 heterocycles. The highest BCUT2D eigenvalue weighted by Crippen LogP contribution is 2.31. The highest BCUT2D eigenvalue weighted by Gasteiger charge is 2.16. The summed E-state index contributed by atoms with van der Waals surface area (Å²) in [5.41, 5.74) is 0. The fourth-order valence-electron chi connectivity index (χ4n) is 2.42. The van der Waals surface area contributed by atoms with E-state index in [1.54, 1.807) is 17.7 Å². The first kappa shape index (κ1) is 13.6. The monoisotopic (exact) mass is 283 g/mol. The lowest BCUT2D eigenvalue weighted by atomic mass is 10.1. The van der Waals surface area contributed by atoms with E-state index in [4.69, 9.17) is 0 Å². The number of hydrogen-bond donors (Lipinski definition) is 0. The lowest BCUT2D eigenvalue weighted by Gasteiger charge is -2.27. The Morgan fingerprint density at radius 1 is 1.28 bits per heavy atom. The second-order valence-electron chi connectivity index (χ2n) is 4.53. The molecule has 5 heteroatoms. The summed E-state index contributed by atoms with van der Waals surface area (Å²) in [4.78, 5) is 13.8. The molecule has 0 N–H and O–H groups in total. The van der Waals surface area contributed by atoms with Crippen molar-refractivity contribution in [3.8, 4) is 0 Å². The Labute approximate surface area is 119 Å². The average Bonchev–Trinajstić information content (AvgIpc) is 2.82. The van der Waals surface area contributed by atoms with Gasteiger partial charge in [0.2, 0.25) is 0 Å². The fraction of sp³-hybridized carbons (Fsp3) is 0.538. The van der Waals surface area contributed by atoms with Crippen LogP contribution in [0.5, 0.6) is 0 Å². The maximum Gasteiger partial charge on any atom is 1.00 e. The number of aromatic nitrogens is 2. The minimum Gasteiger partial charge on any atom is -1.00 e. The summed E-state index contributed by atoms with van der Waals surface area (Å²) in [6, 6.07) is 2.27. The van der Waals surface area contributed by atoms with Crippen molar-refractivity contribution < 1.29 is 13.8 Å². The number of fused-ring (bicyclic) bond motifs is 1. The van der Waals surface area contributed by atoms with Gasteiger partial charge < -0.3 is 17.3 Å². The summed E-state index contributed by atoms with van der Waals surface area (Å²) in [6.45, 7) is 4.48. The average molecular weight is 284 g/mol. The molecule has 0 radical (unpaired) electrons. The zero-order valence-corrected chi connectivity index (χ0v) is 12.1. The van der Waals surface area contributed by atoms with Crippen molar-refractivity contribution >= 4 is 27.4 Å². The van der Waals surface area contributed by atoms with Crippen LogP contribution in [0.3, 0.4) is 0 Å². The standard InChI is InChI=1S/C13H17N3S.ClH/c1-2-10-8-11-12(14-9-15-13(11)17-10)16-6-4-3-5-7-16;/h8-9H,2-7H2,1H3;1H. The number of nitrogens with zero attached hydrogens (tertiary/aromatic N) is 3. The minimum absolute atomic E-state index is 0. The summed E-state index contributed by atoms with van der Waals surface area (Å²) in [7, 11) is 0. The van der Waals surface area contributed by atoms with Crippen LogP contribution in [0.15, 0.2) is 12.4 Å². The van der Waals surface area contributed by atoms with Crippen LogP contribution in [-0.4, -0.2) is 23.1 Å². The Balaban J connectivity index is 0.000000902. The summed E-state index contributed by atoms with van der Waals surface area (Å²) in [5.74, 6) is 1.14. The largest absolute Gasteiger partial charge is 1.00 e. The molecule has 1 fully saturated rings. The van der Waals surface area contributed by atoms with Gasteiger partial charge in [-0.2, -0.15) is 0 Å². The number of piperidine rings is 1. The molecular formula is C13H18ClN3S. The lowest BCUT2D eigenvalue weighted by molar-refractivity contribution is -0.00000350. The highest BCUT2D eigenvalue weighted by molar-refractivity contribution is 7.18. The molecule has 98 valence electrons. The zero-order valence-electron chi connectivity index (χ0n) is 11.5. The van der Waals surface area contributed by atoms with Crippen LogP contribution in [0.25, 0.3) is 10.2 Å². The van der Waals surface area contributed by atoms with Crippen LogP contribution in [0, 0.1) is 0 Å². The summed E-state index contributed by atoms with van der Waals surface area (Å²) in [6.07, 6.45) is 6.73. The Hall–Kier alpha value is -0.870. The summed E-state index contributed by atoms with van der Waals surface area (Å²) < 4.78 is 0. The van der Waals surface area contributed by atoms with Crippen molar-refractivity contribution in [3.05, 3.63) is 17.3 Å². The van der Waals surface area contributed by atoms with Gasteiger partial charge in [0.1, 0.15) is 17.0 Å². The number of thiophene rings is 1. The van der Waals surface area contributed by atoms with Crippen LogP contribution < -0.4 is 17.3 Å². The molecule has 1 aliphatic heterocycles. The number of rotatable bonds is 2. The molecule has 2 aromatic rings. The normalized spacial score (nSPS) is 15.7. The molecule has 0 aromatic carbocycles. The Morgan fingerprint density at radius 2 is 2.06 bits per heavy atom. The quantitative estimate of drug-likeness (QED) is 0.797. The Morgan fingerprint density at radius 3 is 2.78 bits per heavy atom. The van der Waals surface area contributed by atoms with Gasteiger partial charge >= 0.3 is 1.43 Å². The predicted octanol–water partition coefficient (Wildman–Crippen LogP) is 0.361. The Bertz CT molecular complexity index is 526. The molecule has 3 rings (SSSR count). The molecule has 2 aromatic heterocycles. The SMILES string of the molecule is CCc1cc2c(N3CCCCC3)ncnc2s1.[Cl-].[H+]. The molecule has 0 bridgehead atoms. The van der Waals surface area contributed by atoms with Crippen molar-refractivity contribution in [1.29, 1.82) is 0 Å². The second-order valence-corrected chi connectivity index (χ2v) is 5.65. The summed E-state index contributed by atoms with van der Waals surface area (Å²) in [5, 5.41) is 1.25. The number of anilines is 1. The van der Waals surface area contributed by atoms with E-state index in [1.165, 1.54) is 29.5 Å². The third kappa shape index (κ3) is 2.45. The molecule has 0 unspecified atom stereocenters. The van der Waals surface area contributed by atoms with Gasteiger partial charge in [0.25, 0.3) is 0 Å². The summed E-state index contributed by atoms with van der Waals surface area (Å²) >= 11 is 1.80. The van der Waals surface area contributed by atoms with E-state index in [0.29, 0.717) is 0 Å². The smallest absolute Gasteiger partial charge is 1.00 e. The maximum atomic E-state index is 4.50. The van der Waals surface area contributed by atoms with E-state index in [1.807, 2.05) is 0 Å². The van der Waals surface area contributed by atoms with E-state index >= 15 is 0 Å². The molecule has 0 atom stereocenters. The lowest BCUT2D eigenvalue weighted by Crippen LogP contribution is -3.00. The minimum atomic E-state index is 0. The van der Waals surface area contributed by atoms with Crippen molar-refractivity contribution in [3.63, 3.8) is 0 Å². The van der Waals surface area contributed by atoms with Crippen LogP contribution in [0.4, 0.5) is 5.82 Å². The third-order valence-electron chi connectivity index (χ3n) is 3.36. The predicted molar refractivity (Wildman–Crippen MR) is 74.0 cm³/mol. The van der Waals surface area contributed by atoms with E-state index in [9.17, 15) is 0 Å². The zero-order chi connectivity index (χ0) is 11.7. The van der Waals surface area contributed by atoms with Crippen molar-refractivity contribution in [2.24, 2.45) is 0 Å². The Kier molecular flexibility index (Phi) is 4.40. The van der Waals surface area contributed by atoms with E-state index < -0.39 is 0 Å². The van der Waals surface area contributed by atoms with Gasteiger partial charge in [-0.05, 0) is 31.7 Å². The van der Waals surface area contributed by atoms with Gasteiger partial charge in [0.05, 0.1) is 5.39 Å². The molecule has 1 saturated heterocycles. The molecule has 18 heavy (non-hydrogen) atoms. The fourth-order valence-corrected chi connectivity index (χ4v) is 3.35. The van der Waals surface area contributed by atoms with Crippen molar-refractivity contribution in [2.75, 3.05) is 18.0 Å². The van der Waals surface area contributed by atoms with E-state index in [-0.39, 0.29) is 13.8 Å². The maximum absolute atomic E-state index is 4.50. The first-order valence-corrected chi connectivity index (χ1v) is 7.18. The van der Waals surface area contributed by atoms with Crippen LogP contribution >= 0.6 is 11.3 Å². The van der Waals surface area contributed by atoms with Crippen LogP contribution in [-0.2, 0) is 6.42 Å². The molecule has 3 nitrogen and oxygen atoms in total. The first-order valence-electron chi connectivity index (χ1n) is 6.37. The van der Waals surface area contributed by atoms with Crippen LogP contribution in [0.1, 0.15) is 32.5 Å². The van der Waals surface area contributed by atoms with Crippen molar-refractivity contribution in [2.45, 2.75) is 32.6 Å². The molecule has 0 amide bonds. The third-order valence-corrected chi connectivity index (χ3v) is 4.55. The first-order chi connectivity index (χ1) is 8.38. The van der Waals surface area contributed by atoms with Gasteiger partial charge in [-0.15, -0.1) is 11.3 Å². The van der Waals surface area contributed by atoms with Gasteiger partial charge in [-0.1, -0.05) is 6.92 Å². The molecule has 0 spiro atoms. The van der Waals surface area contributed by atoms with Gasteiger partial charge in [0, 0.05) is 18.0 Å². The number of hydrogen-bond acceptors (Lipinski definition) is 4. The van der Waals surface area contributed by atoms with E-state index in [0.717, 1.165) is 30.2 Å². The van der Waals surface area contributed by atoms with Crippen molar-refractivity contribution in [1.82, 2.24) is 9.97 Å². The number of halogens is 1. The molecule has 1 aliphatic rings. The second kappa shape index (κ2) is 5.85. The molecule has 0 aliphatic carbocycles. The topological polar surface area (TPSA) is 29.0 Å². The molecule has 0 saturated carbocycles. The van der Waals surface area contributed by atoms with Crippen LogP contribution in [0.2, 0.25) is 0 Å². The van der Waals surface area contributed by atoms with Gasteiger partial charge in [0.15, 0.2) is 0 Å². The van der Waals surface area contributed by atoms with Gasteiger partial charge in [-0.25, -0.2) is 9.97 Å². The van der Waals surface area contributed by atoms with E-state index in [2.05, 4.69) is 27.9 Å². The molecular weight excluding hydrogens is 266 g/mol.